The van der Waals surface area contributed by atoms with Gasteiger partial charge in [-0.25, -0.2) is 0 Å². The Bertz CT molecular complexity index is 341. The lowest BCUT2D eigenvalue weighted by molar-refractivity contribution is -0.153. The van der Waals surface area contributed by atoms with Gasteiger partial charge in [-0.2, -0.15) is 0 Å². The molecule has 0 aromatic heterocycles. The van der Waals surface area contributed by atoms with Crippen molar-refractivity contribution in [2.45, 2.75) is 39.5 Å². The summed E-state index contributed by atoms with van der Waals surface area (Å²) in [4.78, 5) is 34.4. The highest BCUT2D eigenvalue weighted by molar-refractivity contribution is 6.21. The lowest BCUT2D eigenvalue weighted by Crippen LogP contribution is -2.35. The maximum atomic E-state index is 11.6. The van der Waals surface area contributed by atoms with Gasteiger partial charge in [0.25, 0.3) is 0 Å². The zero-order chi connectivity index (χ0) is 12.1. The molecule has 4 nitrogen and oxygen atoms in total. The Morgan fingerprint density at radius 2 is 2.06 bits per heavy atom. The number of Topliss-reactive ketones (excluding diaryl/α,β-unsaturated/α-hetero) is 1. The van der Waals surface area contributed by atoms with Crippen LogP contribution in [0.5, 0.6) is 0 Å². The van der Waals surface area contributed by atoms with Crippen LogP contribution in [0.15, 0.2) is 11.8 Å². The van der Waals surface area contributed by atoms with Gasteiger partial charge in [-0.3, -0.25) is 14.4 Å². The molecule has 0 saturated heterocycles. The highest BCUT2D eigenvalue weighted by Gasteiger charge is 2.36. The van der Waals surface area contributed by atoms with E-state index in [4.69, 9.17) is 4.74 Å². The Morgan fingerprint density at radius 1 is 1.38 bits per heavy atom. The number of esters is 1. The van der Waals surface area contributed by atoms with Crippen molar-refractivity contribution in [3.05, 3.63) is 11.8 Å². The molecule has 0 radical (unpaired) electrons. The Hall–Kier alpha value is -1.45. The van der Waals surface area contributed by atoms with Crippen LogP contribution in [0.2, 0.25) is 0 Å². The van der Waals surface area contributed by atoms with Gasteiger partial charge in [0.05, 0.1) is 0 Å². The molecule has 1 aliphatic rings. The number of cyclic esters (lactones) is 1. The lowest BCUT2D eigenvalue weighted by atomic mass is 9.94. The smallest absolute Gasteiger partial charge is 0.329 e. The second-order valence-corrected chi connectivity index (χ2v) is 3.79. The van der Waals surface area contributed by atoms with E-state index in [0.29, 0.717) is 12.2 Å². The van der Waals surface area contributed by atoms with E-state index < -0.39 is 17.7 Å². The summed E-state index contributed by atoms with van der Waals surface area (Å²) in [6.45, 7) is 3.63. The van der Waals surface area contributed by atoms with Gasteiger partial charge < -0.3 is 4.74 Å². The SMILES string of the molecule is CCCCC1=CC(=O)C(C(=O)CC)C(=O)O1. The Kier molecular flexibility index (Phi) is 4.40. The van der Waals surface area contributed by atoms with Crippen LogP contribution in [0.25, 0.3) is 0 Å². The molecule has 0 spiro atoms. The van der Waals surface area contributed by atoms with Crippen LogP contribution in [0.1, 0.15) is 39.5 Å². The van der Waals surface area contributed by atoms with Crippen molar-refractivity contribution in [3.63, 3.8) is 0 Å². The average molecular weight is 224 g/mol. The first-order valence-corrected chi connectivity index (χ1v) is 5.59. The number of hydrogen-bond acceptors (Lipinski definition) is 4. The third-order valence-electron chi connectivity index (χ3n) is 2.50. The molecule has 1 rings (SSSR count). The quantitative estimate of drug-likeness (QED) is 0.527. The third kappa shape index (κ3) is 2.78. The minimum Gasteiger partial charge on any atom is -0.430 e. The van der Waals surface area contributed by atoms with E-state index in [1.165, 1.54) is 6.08 Å². The molecular weight excluding hydrogens is 208 g/mol. The Morgan fingerprint density at radius 3 is 2.56 bits per heavy atom. The first-order valence-electron chi connectivity index (χ1n) is 5.59. The largest absolute Gasteiger partial charge is 0.430 e. The average Bonchev–Trinajstić information content (AvgIpc) is 2.25. The highest BCUT2D eigenvalue weighted by atomic mass is 16.5. The standard InChI is InChI=1S/C12H16O4/c1-3-5-6-8-7-10(14)11(9(13)4-2)12(15)16-8/h7,11H,3-6H2,1-2H3. The molecule has 1 aliphatic heterocycles. The molecule has 0 aromatic rings. The summed E-state index contributed by atoms with van der Waals surface area (Å²) >= 11 is 0. The lowest BCUT2D eigenvalue weighted by Gasteiger charge is -2.18. The van der Waals surface area contributed by atoms with Crippen molar-refractivity contribution in [2.24, 2.45) is 5.92 Å². The summed E-state index contributed by atoms with van der Waals surface area (Å²) < 4.78 is 4.97. The number of ether oxygens (including phenoxy) is 1. The predicted octanol–water partition coefficient (Wildman–Crippen LogP) is 1.78. The number of hydrogen-bond donors (Lipinski definition) is 0. The zero-order valence-corrected chi connectivity index (χ0v) is 9.62. The number of rotatable bonds is 5. The summed E-state index contributed by atoms with van der Waals surface area (Å²) in [6, 6.07) is 0. The van der Waals surface area contributed by atoms with Crippen molar-refractivity contribution in [1.82, 2.24) is 0 Å². The second-order valence-electron chi connectivity index (χ2n) is 3.79. The van der Waals surface area contributed by atoms with Crippen molar-refractivity contribution in [2.75, 3.05) is 0 Å². The second kappa shape index (κ2) is 5.58. The topological polar surface area (TPSA) is 60.4 Å². The maximum absolute atomic E-state index is 11.6. The van der Waals surface area contributed by atoms with Crippen LogP contribution < -0.4 is 0 Å². The van der Waals surface area contributed by atoms with E-state index in [2.05, 4.69) is 0 Å². The zero-order valence-electron chi connectivity index (χ0n) is 9.62. The summed E-state index contributed by atoms with van der Waals surface area (Å²) in [6.07, 6.45) is 3.85. The predicted molar refractivity (Wildman–Crippen MR) is 57.5 cm³/mol. The fourth-order valence-corrected chi connectivity index (χ4v) is 1.54. The van der Waals surface area contributed by atoms with Gasteiger partial charge in [0.1, 0.15) is 5.76 Å². The molecule has 88 valence electrons. The monoisotopic (exact) mass is 224 g/mol. The number of ketones is 2. The number of carbonyl (C=O) groups is 3. The van der Waals surface area contributed by atoms with E-state index in [0.717, 1.165) is 12.8 Å². The molecule has 1 unspecified atom stereocenters. The first kappa shape index (κ1) is 12.6. The Labute approximate surface area is 94.7 Å². The summed E-state index contributed by atoms with van der Waals surface area (Å²) in [5, 5.41) is 0. The molecule has 4 heteroatoms. The van der Waals surface area contributed by atoms with Crippen LogP contribution in [0, 0.1) is 5.92 Å². The molecule has 0 aliphatic carbocycles. The van der Waals surface area contributed by atoms with Gasteiger partial charge in [0.15, 0.2) is 17.5 Å². The van der Waals surface area contributed by atoms with Gasteiger partial charge in [-0.05, 0) is 6.42 Å². The molecule has 0 aromatic carbocycles. The van der Waals surface area contributed by atoms with E-state index in [-0.39, 0.29) is 12.2 Å². The Balaban J connectivity index is 2.76. The molecule has 16 heavy (non-hydrogen) atoms. The minimum atomic E-state index is -1.23. The normalized spacial score (nSPS) is 20.4. The van der Waals surface area contributed by atoms with Crippen LogP contribution in [0.4, 0.5) is 0 Å². The summed E-state index contributed by atoms with van der Waals surface area (Å²) in [5.41, 5.74) is 0. The number of carbonyl (C=O) groups excluding carboxylic acids is 3. The summed E-state index contributed by atoms with van der Waals surface area (Å²) in [5.74, 6) is -2.37. The van der Waals surface area contributed by atoms with Gasteiger partial charge >= 0.3 is 5.97 Å². The fourth-order valence-electron chi connectivity index (χ4n) is 1.54. The van der Waals surface area contributed by atoms with Crippen LogP contribution in [-0.4, -0.2) is 17.5 Å². The third-order valence-corrected chi connectivity index (χ3v) is 2.50. The van der Waals surface area contributed by atoms with E-state index >= 15 is 0 Å². The fraction of sp³-hybridized carbons (Fsp3) is 0.583. The molecule has 0 saturated carbocycles. The van der Waals surface area contributed by atoms with E-state index in [1.54, 1.807) is 6.92 Å². The van der Waals surface area contributed by atoms with Gasteiger partial charge in [-0.15, -0.1) is 0 Å². The molecule has 0 amide bonds. The molecular formula is C12H16O4. The molecule has 0 bridgehead atoms. The van der Waals surface area contributed by atoms with Crippen molar-refractivity contribution in [1.29, 1.82) is 0 Å². The van der Waals surface area contributed by atoms with Crippen molar-refractivity contribution in [3.8, 4) is 0 Å². The van der Waals surface area contributed by atoms with Crippen molar-refractivity contribution < 1.29 is 19.1 Å². The van der Waals surface area contributed by atoms with Gasteiger partial charge in [0, 0.05) is 18.9 Å². The van der Waals surface area contributed by atoms with Gasteiger partial charge in [-0.1, -0.05) is 20.3 Å². The molecule has 1 atom stereocenters. The van der Waals surface area contributed by atoms with Crippen LogP contribution in [-0.2, 0) is 19.1 Å². The molecule has 0 fully saturated rings. The van der Waals surface area contributed by atoms with E-state index in [1.807, 2.05) is 6.92 Å². The number of unbranched alkanes of at least 4 members (excludes halogenated alkanes) is 1. The minimum absolute atomic E-state index is 0.170. The number of allylic oxidation sites excluding steroid dienone is 2. The summed E-state index contributed by atoms with van der Waals surface area (Å²) in [7, 11) is 0. The maximum Gasteiger partial charge on any atom is 0.329 e. The van der Waals surface area contributed by atoms with Crippen LogP contribution >= 0.6 is 0 Å². The molecule has 0 N–H and O–H groups in total. The van der Waals surface area contributed by atoms with E-state index in [9.17, 15) is 14.4 Å². The highest BCUT2D eigenvalue weighted by Crippen LogP contribution is 2.20. The van der Waals surface area contributed by atoms with Crippen LogP contribution in [0.3, 0.4) is 0 Å². The molecule has 1 heterocycles. The van der Waals surface area contributed by atoms with Crippen molar-refractivity contribution >= 4 is 17.5 Å². The van der Waals surface area contributed by atoms with Gasteiger partial charge in [0.2, 0.25) is 0 Å². The first-order chi connectivity index (χ1) is 7.60.